The van der Waals surface area contributed by atoms with E-state index < -0.39 is 0 Å². The number of nitrogens with zero attached hydrogens (tertiary/aromatic N) is 4. The van der Waals surface area contributed by atoms with Gasteiger partial charge in [-0.15, -0.1) is 10.2 Å². The topological polar surface area (TPSA) is 86.8 Å². The minimum Gasteiger partial charge on any atom is -0.337 e. The van der Waals surface area contributed by atoms with E-state index in [1.54, 1.807) is 6.92 Å². The molecule has 1 saturated heterocycles. The Balaban J connectivity index is 1.71. The van der Waals surface area contributed by atoms with Crippen LogP contribution >= 0.6 is 0 Å². The Labute approximate surface area is 122 Å². The zero-order valence-electron chi connectivity index (χ0n) is 11.9. The minimum atomic E-state index is 0.143. The van der Waals surface area contributed by atoms with E-state index in [9.17, 15) is 4.79 Å². The summed E-state index contributed by atoms with van der Waals surface area (Å²) in [6.07, 6.45) is 0.846. The maximum Gasteiger partial charge on any atom is 0.219 e. The molecule has 0 unspecified atom stereocenters. The Morgan fingerprint density at radius 3 is 2.86 bits per heavy atom. The summed E-state index contributed by atoms with van der Waals surface area (Å²) in [7, 11) is 0. The van der Waals surface area contributed by atoms with Gasteiger partial charge in [0.1, 0.15) is 0 Å². The fourth-order valence-corrected chi connectivity index (χ4v) is 2.70. The molecule has 3 rings (SSSR count). The van der Waals surface area contributed by atoms with E-state index in [1.165, 1.54) is 5.56 Å². The number of amides is 1. The minimum absolute atomic E-state index is 0.143. The SMILES string of the molecule is CC(=O)N1CCNC[C@H]1Cc1ccc(-c2nn[nH]n2)cc1. The van der Waals surface area contributed by atoms with Gasteiger partial charge >= 0.3 is 0 Å². The Hall–Kier alpha value is -2.28. The number of carbonyl (C=O) groups is 1. The summed E-state index contributed by atoms with van der Waals surface area (Å²) in [6.45, 7) is 4.12. The van der Waals surface area contributed by atoms with Crippen LogP contribution in [0.2, 0.25) is 0 Å². The predicted molar refractivity (Wildman–Crippen MR) is 77.4 cm³/mol. The summed E-state index contributed by atoms with van der Waals surface area (Å²) in [5, 5.41) is 17.3. The first kappa shape index (κ1) is 13.7. The lowest BCUT2D eigenvalue weighted by atomic mass is 10.0. The highest BCUT2D eigenvalue weighted by atomic mass is 16.2. The average molecular weight is 286 g/mol. The number of hydrogen-bond acceptors (Lipinski definition) is 5. The standard InChI is InChI=1S/C14H18N6O/c1-10(21)20-7-6-15-9-13(20)8-11-2-4-12(5-3-11)14-16-18-19-17-14/h2-5,13,15H,6-9H2,1H3,(H,16,17,18,19)/t13-/m1/s1. The van der Waals surface area contributed by atoms with Gasteiger partial charge in [-0.3, -0.25) is 4.79 Å². The van der Waals surface area contributed by atoms with Gasteiger partial charge in [0.25, 0.3) is 0 Å². The molecule has 0 spiro atoms. The number of aromatic amines is 1. The molecule has 1 fully saturated rings. The van der Waals surface area contributed by atoms with Crippen molar-refractivity contribution in [1.29, 1.82) is 0 Å². The number of nitrogens with one attached hydrogen (secondary N) is 2. The van der Waals surface area contributed by atoms with Gasteiger partial charge in [0.15, 0.2) is 0 Å². The molecular formula is C14H18N6O. The summed E-state index contributed by atoms with van der Waals surface area (Å²) in [5.41, 5.74) is 2.12. The molecule has 7 heteroatoms. The lowest BCUT2D eigenvalue weighted by Crippen LogP contribution is -2.53. The highest BCUT2D eigenvalue weighted by Gasteiger charge is 2.24. The van der Waals surface area contributed by atoms with Crippen molar-refractivity contribution < 1.29 is 4.79 Å². The molecule has 2 aromatic rings. The van der Waals surface area contributed by atoms with Gasteiger partial charge in [0.2, 0.25) is 11.7 Å². The van der Waals surface area contributed by atoms with E-state index in [1.807, 2.05) is 17.0 Å². The summed E-state index contributed by atoms with van der Waals surface area (Å²) in [6, 6.07) is 8.28. The Kier molecular flexibility index (Phi) is 3.92. The molecule has 0 saturated carbocycles. The molecule has 2 N–H and O–H groups in total. The first-order valence-electron chi connectivity index (χ1n) is 7.05. The van der Waals surface area contributed by atoms with Crippen LogP contribution in [0.3, 0.4) is 0 Å². The average Bonchev–Trinajstić information content (AvgIpc) is 3.03. The number of rotatable bonds is 3. The third kappa shape index (κ3) is 3.08. The lowest BCUT2D eigenvalue weighted by molar-refractivity contribution is -0.131. The van der Waals surface area contributed by atoms with E-state index >= 15 is 0 Å². The van der Waals surface area contributed by atoms with E-state index in [4.69, 9.17) is 0 Å². The fraction of sp³-hybridized carbons (Fsp3) is 0.429. The second-order valence-electron chi connectivity index (χ2n) is 5.21. The van der Waals surface area contributed by atoms with Gasteiger partial charge in [0.05, 0.1) is 0 Å². The zero-order valence-corrected chi connectivity index (χ0v) is 11.9. The smallest absolute Gasteiger partial charge is 0.219 e. The van der Waals surface area contributed by atoms with Gasteiger partial charge in [-0.05, 0) is 17.2 Å². The van der Waals surface area contributed by atoms with E-state index in [2.05, 4.69) is 38.1 Å². The lowest BCUT2D eigenvalue weighted by Gasteiger charge is -2.35. The van der Waals surface area contributed by atoms with Crippen LogP contribution in [-0.4, -0.2) is 57.1 Å². The molecule has 7 nitrogen and oxygen atoms in total. The van der Waals surface area contributed by atoms with Crippen LogP contribution in [0.25, 0.3) is 11.4 Å². The molecule has 110 valence electrons. The fourth-order valence-electron chi connectivity index (χ4n) is 2.70. The molecule has 2 heterocycles. The maximum absolute atomic E-state index is 11.7. The zero-order chi connectivity index (χ0) is 14.7. The Morgan fingerprint density at radius 1 is 1.38 bits per heavy atom. The molecule has 1 aromatic carbocycles. The Bertz CT molecular complexity index is 594. The molecule has 1 aromatic heterocycles. The molecule has 1 aliphatic rings. The van der Waals surface area contributed by atoms with Crippen LogP contribution in [0.5, 0.6) is 0 Å². The number of tetrazole rings is 1. The number of carbonyl (C=O) groups excluding carboxylic acids is 1. The van der Waals surface area contributed by atoms with Gasteiger partial charge in [-0.1, -0.05) is 24.3 Å². The maximum atomic E-state index is 11.7. The highest BCUT2D eigenvalue weighted by molar-refractivity contribution is 5.73. The van der Waals surface area contributed by atoms with Crippen molar-refractivity contribution in [1.82, 2.24) is 30.8 Å². The molecule has 1 amide bonds. The monoisotopic (exact) mass is 286 g/mol. The summed E-state index contributed by atoms with van der Waals surface area (Å²) in [5.74, 6) is 0.733. The predicted octanol–water partition coefficient (Wildman–Crippen LogP) is 0.230. The third-order valence-electron chi connectivity index (χ3n) is 3.78. The van der Waals surface area contributed by atoms with Crippen LogP contribution in [0.4, 0.5) is 0 Å². The van der Waals surface area contributed by atoms with Crippen molar-refractivity contribution in [2.24, 2.45) is 0 Å². The highest BCUT2D eigenvalue weighted by Crippen LogP contribution is 2.17. The third-order valence-corrected chi connectivity index (χ3v) is 3.78. The van der Waals surface area contributed by atoms with Crippen LogP contribution < -0.4 is 5.32 Å². The largest absolute Gasteiger partial charge is 0.337 e. The van der Waals surface area contributed by atoms with Crippen LogP contribution in [0.1, 0.15) is 12.5 Å². The van der Waals surface area contributed by atoms with Crippen molar-refractivity contribution in [2.45, 2.75) is 19.4 Å². The van der Waals surface area contributed by atoms with Crippen molar-refractivity contribution in [3.63, 3.8) is 0 Å². The first-order chi connectivity index (χ1) is 10.2. The van der Waals surface area contributed by atoms with Gasteiger partial charge in [-0.25, -0.2) is 0 Å². The molecule has 0 radical (unpaired) electrons. The van der Waals surface area contributed by atoms with Crippen molar-refractivity contribution >= 4 is 5.91 Å². The van der Waals surface area contributed by atoms with Crippen molar-refractivity contribution in [2.75, 3.05) is 19.6 Å². The number of piperazine rings is 1. The second kappa shape index (κ2) is 6.01. The number of aromatic nitrogens is 4. The number of hydrogen-bond donors (Lipinski definition) is 2. The normalized spacial score (nSPS) is 18.7. The summed E-state index contributed by atoms with van der Waals surface area (Å²) < 4.78 is 0. The quantitative estimate of drug-likeness (QED) is 0.843. The van der Waals surface area contributed by atoms with Gasteiger partial charge in [-0.2, -0.15) is 5.21 Å². The van der Waals surface area contributed by atoms with Gasteiger partial charge < -0.3 is 10.2 Å². The van der Waals surface area contributed by atoms with E-state index in [0.29, 0.717) is 5.82 Å². The molecule has 0 aliphatic carbocycles. The first-order valence-corrected chi connectivity index (χ1v) is 7.05. The van der Waals surface area contributed by atoms with Crippen molar-refractivity contribution in [3.05, 3.63) is 29.8 Å². The second-order valence-corrected chi connectivity index (χ2v) is 5.21. The van der Waals surface area contributed by atoms with Crippen LogP contribution in [0.15, 0.2) is 24.3 Å². The van der Waals surface area contributed by atoms with Crippen LogP contribution in [-0.2, 0) is 11.2 Å². The van der Waals surface area contributed by atoms with Crippen LogP contribution in [0, 0.1) is 0 Å². The number of H-pyrrole nitrogens is 1. The van der Waals surface area contributed by atoms with E-state index in [0.717, 1.165) is 31.6 Å². The van der Waals surface area contributed by atoms with Crippen molar-refractivity contribution in [3.8, 4) is 11.4 Å². The number of benzene rings is 1. The molecule has 1 atom stereocenters. The molecule has 0 bridgehead atoms. The van der Waals surface area contributed by atoms with E-state index in [-0.39, 0.29) is 11.9 Å². The molecule has 21 heavy (non-hydrogen) atoms. The molecule has 1 aliphatic heterocycles. The molecular weight excluding hydrogens is 268 g/mol. The summed E-state index contributed by atoms with van der Waals surface area (Å²) >= 11 is 0. The van der Waals surface area contributed by atoms with Gasteiger partial charge in [0, 0.05) is 38.2 Å². The summed E-state index contributed by atoms with van der Waals surface area (Å²) in [4.78, 5) is 13.6. The Morgan fingerprint density at radius 2 is 2.19 bits per heavy atom.